The SMILES string of the molecule is C[C@H]1CN[C@@H](c2cccc3c2OCCO3)C1. The molecule has 0 amide bonds. The number of benzene rings is 1. The van der Waals surface area contributed by atoms with Crippen LogP contribution >= 0.6 is 0 Å². The Kier molecular flexibility index (Phi) is 2.48. The highest BCUT2D eigenvalue weighted by atomic mass is 16.6. The first-order valence-electron chi connectivity index (χ1n) is 5.96. The third-order valence-electron chi connectivity index (χ3n) is 3.32. The number of para-hydroxylation sites is 1. The van der Waals surface area contributed by atoms with Gasteiger partial charge in [0.15, 0.2) is 11.5 Å². The standard InChI is InChI=1S/C13H17NO2/c1-9-7-11(14-8-9)10-3-2-4-12-13(10)16-6-5-15-12/h2-4,9,11,14H,5-8H2,1H3/t9-,11-/m1/s1. The minimum atomic E-state index is 0.423. The molecular weight excluding hydrogens is 202 g/mol. The van der Waals surface area contributed by atoms with Gasteiger partial charge in [0.1, 0.15) is 13.2 Å². The predicted octanol–water partition coefficient (Wildman–Crippen LogP) is 2.13. The zero-order valence-electron chi connectivity index (χ0n) is 9.53. The first-order chi connectivity index (χ1) is 7.84. The summed E-state index contributed by atoms with van der Waals surface area (Å²) >= 11 is 0. The molecule has 0 radical (unpaired) electrons. The van der Waals surface area contributed by atoms with Crippen LogP contribution in [0.25, 0.3) is 0 Å². The van der Waals surface area contributed by atoms with Crippen molar-refractivity contribution in [2.45, 2.75) is 19.4 Å². The van der Waals surface area contributed by atoms with E-state index in [0.717, 1.165) is 24.0 Å². The van der Waals surface area contributed by atoms with Crippen molar-refractivity contribution in [3.63, 3.8) is 0 Å². The van der Waals surface area contributed by atoms with Crippen LogP contribution in [0.2, 0.25) is 0 Å². The van der Waals surface area contributed by atoms with Crippen LogP contribution in [0.3, 0.4) is 0 Å². The summed E-state index contributed by atoms with van der Waals surface area (Å²) in [5, 5.41) is 3.54. The van der Waals surface area contributed by atoms with Crippen molar-refractivity contribution in [2.24, 2.45) is 5.92 Å². The second-order valence-corrected chi connectivity index (χ2v) is 4.67. The van der Waals surface area contributed by atoms with E-state index in [4.69, 9.17) is 9.47 Å². The number of rotatable bonds is 1. The molecule has 3 nitrogen and oxygen atoms in total. The Bertz CT molecular complexity index is 392. The van der Waals surface area contributed by atoms with E-state index in [9.17, 15) is 0 Å². The maximum Gasteiger partial charge on any atom is 0.166 e. The fourth-order valence-electron chi connectivity index (χ4n) is 2.52. The molecule has 1 aromatic rings. The van der Waals surface area contributed by atoms with E-state index in [1.54, 1.807) is 0 Å². The molecule has 0 spiro atoms. The summed E-state index contributed by atoms with van der Waals surface area (Å²) in [6.07, 6.45) is 1.18. The van der Waals surface area contributed by atoms with Crippen molar-refractivity contribution in [3.8, 4) is 11.5 Å². The molecule has 0 unspecified atom stereocenters. The van der Waals surface area contributed by atoms with Gasteiger partial charge in [-0.3, -0.25) is 0 Å². The molecular formula is C13H17NO2. The molecule has 0 bridgehead atoms. The van der Waals surface area contributed by atoms with E-state index in [1.807, 2.05) is 12.1 Å². The van der Waals surface area contributed by atoms with Crippen LogP contribution in [-0.4, -0.2) is 19.8 Å². The molecule has 3 rings (SSSR count). The number of nitrogens with one attached hydrogen (secondary N) is 1. The van der Waals surface area contributed by atoms with Crippen molar-refractivity contribution in [1.29, 1.82) is 0 Å². The second kappa shape index (κ2) is 3.98. The molecule has 2 aliphatic rings. The highest BCUT2D eigenvalue weighted by Gasteiger charge is 2.27. The summed E-state index contributed by atoms with van der Waals surface area (Å²) in [5.41, 5.74) is 1.25. The van der Waals surface area contributed by atoms with E-state index in [-0.39, 0.29) is 0 Å². The molecule has 1 saturated heterocycles. The Morgan fingerprint density at radius 3 is 2.94 bits per heavy atom. The minimum Gasteiger partial charge on any atom is -0.486 e. The van der Waals surface area contributed by atoms with Gasteiger partial charge in [-0.2, -0.15) is 0 Å². The minimum absolute atomic E-state index is 0.423. The van der Waals surface area contributed by atoms with Gasteiger partial charge in [0.25, 0.3) is 0 Å². The molecule has 1 N–H and O–H groups in total. The number of ether oxygens (including phenoxy) is 2. The summed E-state index contributed by atoms with van der Waals surface area (Å²) in [7, 11) is 0. The summed E-state index contributed by atoms with van der Waals surface area (Å²) in [5.74, 6) is 2.58. The van der Waals surface area contributed by atoms with Crippen molar-refractivity contribution in [3.05, 3.63) is 23.8 Å². The van der Waals surface area contributed by atoms with Crippen LogP contribution in [0.15, 0.2) is 18.2 Å². The van der Waals surface area contributed by atoms with E-state index in [0.29, 0.717) is 19.3 Å². The Morgan fingerprint density at radius 1 is 1.25 bits per heavy atom. The average Bonchev–Trinajstić information content (AvgIpc) is 2.75. The molecule has 0 aromatic heterocycles. The summed E-state index contributed by atoms with van der Waals surface area (Å²) in [4.78, 5) is 0. The van der Waals surface area contributed by atoms with Crippen LogP contribution in [0, 0.1) is 5.92 Å². The average molecular weight is 219 g/mol. The number of hydrogen-bond acceptors (Lipinski definition) is 3. The predicted molar refractivity (Wildman–Crippen MR) is 62.0 cm³/mol. The maximum absolute atomic E-state index is 5.74. The molecule has 2 aliphatic heterocycles. The van der Waals surface area contributed by atoms with Gasteiger partial charge in [-0.15, -0.1) is 0 Å². The van der Waals surface area contributed by atoms with Crippen molar-refractivity contribution < 1.29 is 9.47 Å². The van der Waals surface area contributed by atoms with Gasteiger partial charge >= 0.3 is 0 Å². The third-order valence-corrected chi connectivity index (χ3v) is 3.32. The van der Waals surface area contributed by atoms with Crippen molar-refractivity contribution in [2.75, 3.05) is 19.8 Å². The lowest BCUT2D eigenvalue weighted by atomic mass is 10.00. The first kappa shape index (κ1) is 9.97. The number of hydrogen-bond donors (Lipinski definition) is 1. The molecule has 3 heteroatoms. The molecule has 16 heavy (non-hydrogen) atoms. The zero-order chi connectivity index (χ0) is 11.0. The zero-order valence-corrected chi connectivity index (χ0v) is 9.53. The Morgan fingerprint density at radius 2 is 2.12 bits per heavy atom. The van der Waals surface area contributed by atoms with Gasteiger partial charge in [-0.05, 0) is 24.9 Å². The van der Waals surface area contributed by atoms with E-state index in [2.05, 4.69) is 18.3 Å². The normalized spacial score (nSPS) is 28.1. The van der Waals surface area contributed by atoms with Gasteiger partial charge in [0, 0.05) is 11.6 Å². The highest BCUT2D eigenvalue weighted by molar-refractivity contribution is 5.49. The highest BCUT2D eigenvalue weighted by Crippen LogP contribution is 2.40. The summed E-state index contributed by atoms with van der Waals surface area (Å²) in [6.45, 7) is 4.69. The van der Waals surface area contributed by atoms with Gasteiger partial charge < -0.3 is 14.8 Å². The largest absolute Gasteiger partial charge is 0.486 e. The lowest BCUT2D eigenvalue weighted by molar-refractivity contribution is 0.169. The van der Waals surface area contributed by atoms with Crippen LogP contribution in [0.1, 0.15) is 24.9 Å². The van der Waals surface area contributed by atoms with Gasteiger partial charge in [-0.25, -0.2) is 0 Å². The molecule has 1 aromatic carbocycles. The monoisotopic (exact) mass is 219 g/mol. The summed E-state index contributed by atoms with van der Waals surface area (Å²) < 4.78 is 11.3. The van der Waals surface area contributed by atoms with Gasteiger partial charge in [-0.1, -0.05) is 19.1 Å². The fourth-order valence-corrected chi connectivity index (χ4v) is 2.52. The quantitative estimate of drug-likeness (QED) is 0.785. The fraction of sp³-hybridized carbons (Fsp3) is 0.538. The van der Waals surface area contributed by atoms with Gasteiger partial charge in [0.05, 0.1) is 0 Å². The molecule has 1 fully saturated rings. The second-order valence-electron chi connectivity index (χ2n) is 4.67. The summed E-state index contributed by atoms with van der Waals surface area (Å²) in [6, 6.07) is 6.60. The Hall–Kier alpha value is -1.22. The molecule has 0 saturated carbocycles. The van der Waals surface area contributed by atoms with E-state index < -0.39 is 0 Å². The van der Waals surface area contributed by atoms with Crippen LogP contribution in [-0.2, 0) is 0 Å². The van der Waals surface area contributed by atoms with E-state index in [1.165, 1.54) is 12.0 Å². The van der Waals surface area contributed by atoms with Gasteiger partial charge in [0.2, 0.25) is 0 Å². The van der Waals surface area contributed by atoms with Crippen LogP contribution in [0.4, 0.5) is 0 Å². The van der Waals surface area contributed by atoms with Crippen LogP contribution < -0.4 is 14.8 Å². The lowest BCUT2D eigenvalue weighted by Gasteiger charge is -2.23. The molecule has 2 atom stereocenters. The van der Waals surface area contributed by atoms with Crippen LogP contribution in [0.5, 0.6) is 11.5 Å². The Labute approximate surface area is 95.8 Å². The van der Waals surface area contributed by atoms with E-state index >= 15 is 0 Å². The maximum atomic E-state index is 5.74. The lowest BCUT2D eigenvalue weighted by Crippen LogP contribution is -2.20. The van der Waals surface area contributed by atoms with Crippen molar-refractivity contribution in [1.82, 2.24) is 5.32 Å². The number of fused-ring (bicyclic) bond motifs is 1. The smallest absolute Gasteiger partial charge is 0.166 e. The molecule has 2 heterocycles. The Balaban J connectivity index is 1.94. The van der Waals surface area contributed by atoms with Crippen molar-refractivity contribution >= 4 is 0 Å². The third kappa shape index (κ3) is 1.65. The first-order valence-corrected chi connectivity index (χ1v) is 5.96. The molecule has 0 aliphatic carbocycles. The molecule has 86 valence electrons. The topological polar surface area (TPSA) is 30.5 Å².